The fourth-order valence-corrected chi connectivity index (χ4v) is 3.51. The SMILES string of the molecule is COc1cccc(N2C(N)=NCC23CCC(OC)CC3)c1. The van der Waals surface area contributed by atoms with Crippen molar-refractivity contribution in [2.45, 2.75) is 37.3 Å². The van der Waals surface area contributed by atoms with E-state index in [1.54, 1.807) is 14.2 Å². The second-order valence-corrected chi connectivity index (χ2v) is 5.87. The number of methoxy groups -OCH3 is 2. The average Bonchev–Trinajstić information content (AvgIpc) is 2.85. The van der Waals surface area contributed by atoms with E-state index in [1.165, 1.54) is 0 Å². The maximum atomic E-state index is 6.18. The van der Waals surface area contributed by atoms with E-state index in [0.29, 0.717) is 12.1 Å². The lowest BCUT2D eigenvalue weighted by atomic mass is 9.79. The third-order valence-corrected chi connectivity index (χ3v) is 4.75. The lowest BCUT2D eigenvalue weighted by molar-refractivity contribution is 0.0532. The molecular weight excluding hydrogens is 266 g/mol. The number of aliphatic imine (C=N–C) groups is 1. The minimum Gasteiger partial charge on any atom is -0.497 e. The van der Waals surface area contributed by atoms with E-state index in [4.69, 9.17) is 15.2 Å². The summed E-state index contributed by atoms with van der Waals surface area (Å²) in [6.07, 6.45) is 4.57. The van der Waals surface area contributed by atoms with Gasteiger partial charge in [-0.2, -0.15) is 0 Å². The number of hydrogen-bond acceptors (Lipinski definition) is 5. The number of ether oxygens (including phenoxy) is 2. The predicted octanol–water partition coefficient (Wildman–Crippen LogP) is 2.16. The van der Waals surface area contributed by atoms with Crippen LogP contribution >= 0.6 is 0 Å². The van der Waals surface area contributed by atoms with Gasteiger partial charge in [-0.3, -0.25) is 4.99 Å². The molecule has 0 aromatic heterocycles. The van der Waals surface area contributed by atoms with Crippen LogP contribution in [0, 0.1) is 0 Å². The fraction of sp³-hybridized carbons (Fsp3) is 0.562. The molecule has 1 spiro atoms. The van der Waals surface area contributed by atoms with Crippen molar-refractivity contribution in [1.82, 2.24) is 0 Å². The first kappa shape index (κ1) is 14.2. The number of hydrogen-bond donors (Lipinski definition) is 1. The monoisotopic (exact) mass is 289 g/mol. The van der Waals surface area contributed by atoms with Gasteiger partial charge in [0.25, 0.3) is 0 Å². The quantitative estimate of drug-likeness (QED) is 0.926. The first-order chi connectivity index (χ1) is 10.2. The van der Waals surface area contributed by atoms with Gasteiger partial charge in [-0.05, 0) is 37.8 Å². The number of anilines is 1. The summed E-state index contributed by atoms with van der Waals surface area (Å²) < 4.78 is 10.8. The predicted molar refractivity (Wildman–Crippen MR) is 84.0 cm³/mol. The van der Waals surface area contributed by atoms with E-state index >= 15 is 0 Å². The van der Waals surface area contributed by atoms with Crippen LogP contribution in [0.5, 0.6) is 5.75 Å². The number of guanidine groups is 1. The average molecular weight is 289 g/mol. The maximum Gasteiger partial charge on any atom is 0.196 e. The van der Waals surface area contributed by atoms with Gasteiger partial charge in [0.05, 0.1) is 25.3 Å². The first-order valence-corrected chi connectivity index (χ1v) is 7.45. The van der Waals surface area contributed by atoms with Crippen LogP contribution in [0.4, 0.5) is 5.69 Å². The molecule has 1 saturated carbocycles. The fourth-order valence-electron chi connectivity index (χ4n) is 3.51. The van der Waals surface area contributed by atoms with Crippen LogP contribution in [0.3, 0.4) is 0 Å². The summed E-state index contributed by atoms with van der Waals surface area (Å²) in [7, 11) is 3.47. The summed E-state index contributed by atoms with van der Waals surface area (Å²) in [5.74, 6) is 1.45. The molecule has 0 saturated heterocycles. The second-order valence-electron chi connectivity index (χ2n) is 5.87. The van der Waals surface area contributed by atoms with Gasteiger partial charge >= 0.3 is 0 Å². The Morgan fingerprint density at radius 1 is 1.29 bits per heavy atom. The van der Waals surface area contributed by atoms with E-state index in [9.17, 15) is 0 Å². The Balaban J connectivity index is 1.89. The molecule has 1 aromatic rings. The van der Waals surface area contributed by atoms with Crippen LogP contribution in [0.2, 0.25) is 0 Å². The Bertz CT molecular complexity index is 536. The van der Waals surface area contributed by atoms with Crippen molar-refractivity contribution in [3.63, 3.8) is 0 Å². The standard InChI is InChI=1S/C16H23N3O2/c1-20-13-6-8-16(9-7-13)11-18-15(17)19(16)12-4-3-5-14(10-12)21-2/h3-5,10,13H,6-9,11H2,1-2H3,(H2,17,18). The summed E-state index contributed by atoms with van der Waals surface area (Å²) in [6, 6.07) is 8.04. The van der Waals surface area contributed by atoms with E-state index in [-0.39, 0.29) is 5.54 Å². The molecular formula is C16H23N3O2. The third kappa shape index (κ3) is 2.46. The molecule has 1 aromatic carbocycles. The van der Waals surface area contributed by atoms with Gasteiger partial charge < -0.3 is 20.1 Å². The molecule has 0 atom stereocenters. The van der Waals surface area contributed by atoms with Crippen LogP contribution in [-0.4, -0.2) is 38.4 Å². The smallest absolute Gasteiger partial charge is 0.196 e. The molecule has 1 heterocycles. The number of nitrogens with zero attached hydrogens (tertiary/aromatic N) is 2. The minimum absolute atomic E-state index is 0.00543. The zero-order valence-corrected chi connectivity index (χ0v) is 12.7. The molecule has 0 bridgehead atoms. The second kappa shape index (κ2) is 5.56. The summed E-state index contributed by atoms with van der Waals surface area (Å²) in [6.45, 7) is 0.770. The first-order valence-electron chi connectivity index (χ1n) is 7.45. The Morgan fingerprint density at radius 2 is 2.05 bits per heavy atom. The van der Waals surface area contributed by atoms with Gasteiger partial charge in [0.2, 0.25) is 0 Å². The molecule has 2 aliphatic rings. The van der Waals surface area contributed by atoms with Crippen molar-refractivity contribution in [2.75, 3.05) is 25.7 Å². The van der Waals surface area contributed by atoms with Crippen molar-refractivity contribution in [3.8, 4) is 5.75 Å². The van der Waals surface area contributed by atoms with Gasteiger partial charge in [-0.25, -0.2) is 0 Å². The zero-order valence-electron chi connectivity index (χ0n) is 12.7. The summed E-state index contributed by atoms with van der Waals surface area (Å²) in [4.78, 5) is 6.71. The molecule has 114 valence electrons. The van der Waals surface area contributed by atoms with Gasteiger partial charge in [-0.15, -0.1) is 0 Å². The van der Waals surface area contributed by atoms with Crippen molar-refractivity contribution in [3.05, 3.63) is 24.3 Å². The molecule has 1 aliphatic heterocycles. The molecule has 0 unspecified atom stereocenters. The van der Waals surface area contributed by atoms with E-state index in [0.717, 1.165) is 43.7 Å². The number of benzene rings is 1. The van der Waals surface area contributed by atoms with Gasteiger partial charge in [-0.1, -0.05) is 6.07 Å². The number of rotatable bonds is 3. The lowest BCUT2D eigenvalue weighted by Gasteiger charge is -2.43. The lowest BCUT2D eigenvalue weighted by Crippen LogP contribution is -2.54. The van der Waals surface area contributed by atoms with Gasteiger partial charge in [0.15, 0.2) is 5.96 Å². The third-order valence-electron chi connectivity index (χ3n) is 4.75. The van der Waals surface area contributed by atoms with Crippen LogP contribution in [0.1, 0.15) is 25.7 Å². The van der Waals surface area contributed by atoms with Crippen LogP contribution in [-0.2, 0) is 4.74 Å². The molecule has 5 heteroatoms. The molecule has 1 fully saturated rings. The molecule has 2 N–H and O–H groups in total. The van der Waals surface area contributed by atoms with Crippen molar-refractivity contribution >= 4 is 11.6 Å². The van der Waals surface area contributed by atoms with Crippen molar-refractivity contribution < 1.29 is 9.47 Å². The Morgan fingerprint density at radius 3 is 2.71 bits per heavy atom. The zero-order chi connectivity index (χ0) is 14.9. The largest absolute Gasteiger partial charge is 0.497 e. The highest BCUT2D eigenvalue weighted by molar-refractivity contribution is 5.98. The summed E-state index contributed by atoms with van der Waals surface area (Å²) in [5.41, 5.74) is 7.24. The van der Waals surface area contributed by atoms with Crippen LogP contribution < -0.4 is 15.4 Å². The molecule has 5 nitrogen and oxygen atoms in total. The molecule has 21 heavy (non-hydrogen) atoms. The summed E-state index contributed by atoms with van der Waals surface area (Å²) in [5, 5.41) is 0. The molecule has 0 radical (unpaired) electrons. The van der Waals surface area contributed by atoms with Crippen molar-refractivity contribution in [1.29, 1.82) is 0 Å². The minimum atomic E-state index is 0.00543. The Kier molecular flexibility index (Phi) is 3.76. The van der Waals surface area contributed by atoms with Crippen LogP contribution in [0.15, 0.2) is 29.3 Å². The highest BCUT2D eigenvalue weighted by atomic mass is 16.5. The summed E-state index contributed by atoms with van der Waals surface area (Å²) >= 11 is 0. The molecule has 1 aliphatic carbocycles. The van der Waals surface area contributed by atoms with Crippen molar-refractivity contribution in [2.24, 2.45) is 10.7 Å². The highest BCUT2D eigenvalue weighted by Gasteiger charge is 2.45. The Labute approximate surface area is 125 Å². The van der Waals surface area contributed by atoms with Gasteiger partial charge in [0.1, 0.15) is 5.75 Å². The van der Waals surface area contributed by atoms with Crippen LogP contribution in [0.25, 0.3) is 0 Å². The Hall–Kier alpha value is -1.75. The van der Waals surface area contributed by atoms with E-state index < -0.39 is 0 Å². The molecule has 3 rings (SSSR count). The normalized spacial score (nSPS) is 28.8. The van der Waals surface area contributed by atoms with E-state index in [1.807, 2.05) is 18.2 Å². The molecule has 0 amide bonds. The topological polar surface area (TPSA) is 60.1 Å². The highest BCUT2D eigenvalue weighted by Crippen LogP contribution is 2.41. The van der Waals surface area contributed by atoms with Gasteiger partial charge in [0, 0.05) is 18.9 Å². The maximum absolute atomic E-state index is 6.18. The van der Waals surface area contributed by atoms with E-state index in [2.05, 4.69) is 16.0 Å². The number of nitrogens with two attached hydrogens (primary N) is 1.